The van der Waals surface area contributed by atoms with Crippen LogP contribution in [-0.4, -0.2) is 40.4 Å². The molecular formula is C25H23N7O2S. The Bertz CT molecular complexity index is 1550. The lowest BCUT2D eigenvalue weighted by Crippen LogP contribution is -2.25. The number of allylic oxidation sites excluding steroid dienone is 1. The third-order valence-corrected chi connectivity index (χ3v) is 6.49. The molecule has 0 aliphatic heterocycles. The molecule has 176 valence electrons. The number of nitrogens with one attached hydrogen (secondary N) is 1. The molecule has 0 atom stereocenters. The molecule has 0 unspecified atom stereocenters. The highest BCUT2D eigenvalue weighted by Crippen LogP contribution is 2.21. The van der Waals surface area contributed by atoms with E-state index in [1.54, 1.807) is 24.7 Å². The third-order valence-electron chi connectivity index (χ3n) is 5.56. The standard InChI is InChI=1S/C25H23N7O2S/c1-2-12-31-23(34)20-5-3-4-6-21(20)32-24(31)28-29-25(32)35-16-22(33)27-14-18-7-9-19(10-8-18)15-30-13-11-26-17-30/h2-11,13,17H,1,12,14-16H2,(H,27,33). The summed E-state index contributed by atoms with van der Waals surface area (Å²) in [7, 11) is 0. The van der Waals surface area contributed by atoms with Gasteiger partial charge in [0.15, 0.2) is 5.16 Å². The van der Waals surface area contributed by atoms with Crippen LogP contribution in [0.25, 0.3) is 16.7 Å². The molecule has 0 saturated heterocycles. The lowest BCUT2D eigenvalue weighted by atomic mass is 10.1. The molecule has 1 N–H and O–H groups in total. The average Bonchev–Trinajstić information content (AvgIpc) is 3.55. The van der Waals surface area contributed by atoms with Crippen molar-refractivity contribution in [2.75, 3.05) is 5.75 Å². The van der Waals surface area contributed by atoms with Crippen molar-refractivity contribution in [3.05, 3.63) is 101 Å². The fraction of sp³-hybridized carbons (Fsp3) is 0.160. The predicted molar refractivity (Wildman–Crippen MR) is 135 cm³/mol. The Morgan fingerprint density at radius 2 is 1.89 bits per heavy atom. The van der Waals surface area contributed by atoms with Gasteiger partial charge in [0, 0.05) is 32.0 Å². The maximum Gasteiger partial charge on any atom is 0.263 e. The van der Waals surface area contributed by atoms with Crippen molar-refractivity contribution < 1.29 is 4.79 Å². The van der Waals surface area contributed by atoms with Crippen LogP contribution < -0.4 is 10.9 Å². The van der Waals surface area contributed by atoms with Crippen molar-refractivity contribution in [2.45, 2.75) is 24.8 Å². The van der Waals surface area contributed by atoms with Crippen LogP contribution in [0, 0.1) is 0 Å². The van der Waals surface area contributed by atoms with Gasteiger partial charge in [-0.05, 0) is 23.3 Å². The number of benzene rings is 2. The Morgan fingerprint density at radius 1 is 1.09 bits per heavy atom. The van der Waals surface area contributed by atoms with Crippen LogP contribution in [0.2, 0.25) is 0 Å². The molecule has 5 aromatic rings. The minimum Gasteiger partial charge on any atom is -0.351 e. The monoisotopic (exact) mass is 485 g/mol. The number of thioether (sulfide) groups is 1. The van der Waals surface area contributed by atoms with Crippen LogP contribution >= 0.6 is 11.8 Å². The number of carbonyl (C=O) groups is 1. The van der Waals surface area contributed by atoms with E-state index < -0.39 is 0 Å². The Hall–Kier alpha value is -4.18. The van der Waals surface area contributed by atoms with Crippen LogP contribution in [-0.2, 0) is 24.4 Å². The van der Waals surface area contributed by atoms with Gasteiger partial charge in [-0.2, -0.15) is 0 Å². The summed E-state index contributed by atoms with van der Waals surface area (Å²) in [5, 5.41) is 12.5. The molecule has 9 nitrogen and oxygen atoms in total. The van der Waals surface area contributed by atoms with E-state index in [2.05, 4.69) is 27.1 Å². The number of rotatable bonds is 9. The van der Waals surface area contributed by atoms with Gasteiger partial charge in [0.25, 0.3) is 5.56 Å². The fourth-order valence-electron chi connectivity index (χ4n) is 3.86. The first-order valence-electron chi connectivity index (χ1n) is 11.0. The molecule has 0 spiro atoms. The first-order chi connectivity index (χ1) is 17.1. The predicted octanol–water partition coefficient (Wildman–Crippen LogP) is 2.88. The van der Waals surface area contributed by atoms with Crippen LogP contribution in [0.3, 0.4) is 0 Å². The summed E-state index contributed by atoms with van der Waals surface area (Å²) in [5.41, 5.74) is 2.74. The van der Waals surface area contributed by atoms with Gasteiger partial charge >= 0.3 is 0 Å². The summed E-state index contributed by atoms with van der Waals surface area (Å²) in [6, 6.07) is 15.4. The van der Waals surface area contributed by atoms with Gasteiger partial charge in [-0.1, -0.05) is 54.2 Å². The van der Waals surface area contributed by atoms with Crippen LogP contribution in [0.4, 0.5) is 0 Å². The zero-order chi connectivity index (χ0) is 24.2. The maximum absolute atomic E-state index is 12.9. The highest BCUT2D eigenvalue weighted by Gasteiger charge is 2.17. The van der Waals surface area contributed by atoms with Crippen LogP contribution in [0.15, 0.2) is 89.9 Å². The number of hydrogen-bond donors (Lipinski definition) is 1. The molecule has 0 bridgehead atoms. The number of aromatic nitrogens is 6. The molecule has 0 radical (unpaired) electrons. The van der Waals surface area contributed by atoms with Crippen molar-refractivity contribution in [1.29, 1.82) is 0 Å². The summed E-state index contributed by atoms with van der Waals surface area (Å²) in [6.07, 6.45) is 7.11. The van der Waals surface area contributed by atoms with Gasteiger partial charge in [0.2, 0.25) is 11.7 Å². The molecule has 2 aromatic carbocycles. The largest absolute Gasteiger partial charge is 0.351 e. The lowest BCUT2D eigenvalue weighted by molar-refractivity contribution is -0.118. The average molecular weight is 486 g/mol. The van der Waals surface area contributed by atoms with E-state index in [1.807, 2.05) is 57.6 Å². The molecule has 10 heteroatoms. The molecule has 0 aliphatic carbocycles. The summed E-state index contributed by atoms with van der Waals surface area (Å²) in [5.74, 6) is 0.485. The zero-order valence-electron chi connectivity index (χ0n) is 18.9. The Morgan fingerprint density at radius 3 is 2.66 bits per heavy atom. The number of carbonyl (C=O) groups excluding carboxylic acids is 1. The molecule has 0 aliphatic rings. The second-order valence-corrected chi connectivity index (χ2v) is 8.90. The van der Waals surface area contributed by atoms with E-state index in [1.165, 1.54) is 16.3 Å². The van der Waals surface area contributed by atoms with E-state index >= 15 is 0 Å². The Labute approximate surface area is 205 Å². The van der Waals surface area contributed by atoms with Crippen LogP contribution in [0.1, 0.15) is 11.1 Å². The summed E-state index contributed by atoms with van der Waals surface area (Å²) in [4.78, 5) is 29.5. The van der Waals surface area contributed by atoms with Crippen LogP contribution in [0.5, 0.6) is 0 Å². The molecule has 35 heavy (non-hydrogen) atoms. The fourth-order valence-corrected chi connectivity index (χ4v) is 4.63. The van der Waals surface area contributed by atoms with E-state index in [4.69, 9.17) is 0 Å². The van der Waals surface area contributed by atoms with Gasteiger partial charge in [0.1, 0.15) is 0 Å². The Kier molecular flexibility index (Phi) is 6.44. The van der Waals surface area contributed by atoms with E-state index in [9.17, 15) is 9.59 Å². The van der Waals surface area contributed by atoms with Crippen molar-refractivity contribution in [3.8, 4) is 0 Å². The molecule has 3 heterocycles. The first kappa shape index (κ1) is 22.6. The van der Waals surface area contributed by atoms with E-state index in [0.29, 0.717) is 34.9 Å². The molecular weight excluding hydrogens is 462 g/mol. The summed E-state index contributed by atoms with van der Waals surface area (Å²) >= 11 is 1.28. The second kappa shape index (κ2) is 9.98. The van der Waals surface area contributed by atoms with E-state index in [0.717, 1.165) is 17.7 Å². The van der Waals surface area contributed by atoms with Crippen molar-refractivity contribution >= 4 is 34.3 Å². The minimum absolute atomic E-state index is 0.113. The van der Waals surface area contributed by atoms with Gasteiger partial charge in [-0.15, -0.1) is 16.8 Å². The normalized spacial score (nSPS) is 11.2. The summed E-state index contributed by atoms with van der Waals surface area (Å²) in [6.45, 7) is 5.25. The molecule has 3 aromatic heterocycles. The number of fused-ring (bicyclic) bond motifs is 3. The number of nitrogens with zero attached hydrogens (tertiary/aromatic N) is 6. The number of amides is 1. The SMILES string of the molecule is C=CCn1c(=O)c2ccccc2n2c(SCC(=O)NCc3ccc(Cn4ccnc4)cc3)nnc12. The third kappa shape index (κ3) is 4.73. The Balaban J connectivity index is 1.26. The van der Waals surface area contributed by atoms with Crippen molar-refractivity contribution in [1.82, 2.24) is 34.0 Å². The quantitative estimate of drug-likeness (QED) is 0.255. The molecule has 0 saturated carbocycles. The van der Waals surface area contributed by atoms with E-state index in [-0.39, 0.29) is 17.2 Å². The number of para-hydroxylation sites is 1. The smallest absolute Gasteiger partial charge is 0.263 e. The molecule has 0 fully saturated rings. The zero-order valence-corrected chi connectivity index (χ0v) is 19.7. The van der Waals surface area contributed by atoms with Gasteiger partial charge in [-0.3, -0.25) is 18.6 Å². The second-order valence-electron chi connectivity index (χ2n) is 7.96. The summed E-state index contributed by atoms with van der Waals surface area (Å²) < 4.78 is 5.35. The minimum atomic E-state index is -0.147. The van der Waals surface area contributed by atoms with Gasteiger partial charge in [-0.25, -0.2) is 4.98 Å². The topological polar surface area (TPSA) is 99.1 Å². The lowest BCUT2D eigenvalue weighted by Gasteiger charge is -2.10. The number of imidazole rings is 1. The highest BCUT2D eigenvalue weighted by atomic mass is 32.2. The van der Waals surface area contributed by atoms with Crippen molar-refractivity contribution in [3.63, 3.8) is 0 Å². The molecule has 5 rings (SSSR count). The highest BCUT2D eigenvalue weighted by molar-refractivity contribution is 7.99. The first-order valence-corrected chi connectivity index (χ1v) is 12.0. The van der Waals surface area contributed by atoms with Gasteiger partial charge in [0.05, 0.1) is 23.0 Å². The van der Waals surface area contributed by atoms with Gasteiger partial charge < -0.3 is 9.88 Å². The molecule has 1 amide bonds. The van der Waals surface area contributed by atoms with Crippen molar-refractivity contribution in [2.24, 2.45) is 0 Å². The number of hydrogen-bond acceptors (Lipinski definition) is 6. The maximum atomic E-state index is 12.9.